The second kappa shape index (κ2) is 14.9. The van der Waals surface area contributed by atoms with E-state index in [1.807, 2.05) is 19.1 Å². The average molecular weight is 520 g/mol. The van der Waals surface area contributed by atoms with Gasteiger partial charge in [0, 0.05) is 13.1 Å². The molecule has 5 rings (SSSR count). The second-order valence-electron chi connectivity index (χ2n) is 11.1. The maximum atomic E-state index is 10.6. The molecular formula is C31H45N5O2. The lowest BCUT2D eigenvalue weighted by molar-refractivity contribution is 0.0477. The molecule has 0 radical (unpaired) electrons. The lowest BCUT2D eigenvalue weighted by Crippen LogP contribution is -2.43. The van der Waals surface area contributed by atoms with E-state index in [1.165, 1.54) is 51.1 Å². The van der Waals surface area contributed by atoms with Crippen molar-refractivity contribution < 1.29 is 9.90 Å². The molecule has 0 atom stereocenters. The molecule has 7 nitrogen and oxygen atoms in total. The molecule has 2 saturated carbocycles. The number of benzene rings is 1. The largest absolute Gasteiger partial charge is 0.393 e. The van der Waals surface area contributed by atoms with Crippen LogP contribution >= 0.6 is 0 Å². The zero-order valence-corrected chi connectivity index (χ0v) is 23.2. The fourth-order valence-corrected chi connectivity index (χ4v) is 6.19. The van der Waals surface area contributed by atoms with Gasteiger partial charge in [0.15, 0.2) is 12.1 Å². The van der Waals surface area contributed by atoms with Gasteiger partial charge in [0.1, 0.15) is 5.69 Å². The van der Waals surface area contributed by atoms with Gasteiger partial charge in [-0.2, -0.15) is 5.26 Å². The molecule has 3 fully saturated rings. The number of aliphatic hydroxyl groups is 1. The molecule has 7 heteroatoms. The Balaban J connectivity index is 0.000000202. The van der Waals surface area contributed by atoms with Gasteiger partial charge in [0.05, 0.1) is 17.7 Å². The summed E-state index contributed by atoms with van der Waals surface area (Å²) < 4.78 is 0. The minimum Gasteiger partial charge on any atom is -0.393 e. The molecule has 1 aromatic carbocycles. The van der Waals surface area contributed by atoms with E-state index in [9.17, 15) is 9.90 Å². The van der Waals surface area contributed by atoms with Crippen molar-refractivity contribution in [3.63, 3.8) is 0 Å². The molecule has 38 heavy (non-hydrogen) atoms. The van der Waals surface area contributed by atoms with Crippen LogP contribution in [-0.4, -0.2) is 47.8 Å². The fourth-order valence-electron chi connectivity index (χ4n) is 6.19. The van der Waals surface area contributed by atoms with Crippen LogP contribution in [0.3, 0.4) is 0 Å². The summed E-state index contributed by atoms with van der Waals surface area (Å²) in [5.74, 6) is 1.74. The van der Waals surface area contributed by atoms with Gasteiger partial charge in [-0.3, -0.25) is 4.79 Å². The maximum absolute atomic E-state index is 10.6. The van der Waals surface area contributed by atoms with Crippen molar-refractivity contribution in [3.8, 4) is 6.07 Å². The molecule has 3 aliphatic rings. The van der Waals surface area contributed by atoms with Crippen molar-refractivity contribution in [1.82, 2.24) is 10.2 Å². The maximum Gasteiger partial charge on any atom is 0.170 e. The van der Waals surface area contributed by atoms with Crippen molar-refractivity contribution in [2.75, 3.05) is 25.0 Å². The predicted octanol–water partition coefficient (Wildman–Crippen LogP) is 5.38. The lowest BCUT2D eigenvalue weighted by Gasteiger charge is -2.45. The molecule has 206 valence electrons. The Morgan fingerprint density at radius 3 is 2.26 bits per heavy atom. The van der Waals surface area contributed by atoms with Crippen LogP contribution in [0.4, 0.5) is 5.82 Å². The summed E-state index contributed by atoms with van der Waals surface area (Å²) in [4.78, 5) is 12.8. The minimum atomic E-state index is -0.0830. The number of piperidine rings is 1. The Labute approximate surface area is 228 Å². The molecule has 0 bridgehead atoms. The van der Waals surface area contributed by atoms with Crippen molar-refractivity contribution in [2.45, 2.75) is 90.1 Å². The minimum absolute atomic E-state index is 0.0830. The third kappa shape index (κ3) is 8.34. The summed E-state index contributed by atoms with van der Waals surface area (Å²) in [6, 6.07) is 12.1. The van der Waals surface area contributed by atoms with E-state index < -0.39 is 0 Å². The van der Waals surface area contributed by atoms with E-state index in [2.05, 4.69) is 39.0 Å². The number of nitrogens with zero attached hydrogens (tertiary/aromatic N) is 4. The second-order valence-corrected chi connectivity index (χ2v) is 11.1. The van der Waals surface area contributed by atoms with E-state index in [1.54, 1.807) is 6.07 Å². The van der Waals surface area contributed by atoms with Gasteiger partial charge in [0.25, 0.3) is 0 Å². The standard InChI is InChI=1S/C15H21N3O2.C15H19N.CH5N/c19-11-12-1-2-14(17-16-12)18-9-7-15(8-10-18)5-3-13(20)4-6-15;1-12-9-14(7-8-15(12)11-16)10-13-5-3-2-4-6-13;1-2/h1-2,11,13,20H,3-10H2;7-9,13H,2-6,10H2,1H3;2H2,1H3. The van der Waals surface area contributed by atoms with Crippen LogP contribution in [-0.2, 0) is 6.42 Å². The SMILES string of the molecule is CN.Cc1cc(CC2CCCCC2)ccc1C#N.O=Cc1ccc(N2CCC3(CCC(O)CC3)CC2)nn1. The molecular weight excluding hydrogens is 474 g/mol. The number of hydrogen-bond donors (Lipinski definition) is 2. The number of carbonyl (C=O) groups excluding carboxylic acids is 1. The summed E-state index contributed by atoms with van der Waals surface area (Å²) in [6.45, 7) is 4.01. The highest BCUT2D eigenvalue weighted by atomic mass is 16.3. The number of aromatic nitrogens is 2. The fraction of sp³-hybridized carbons (Fsp3) is 0.613. The van der Waals surface area contributed by atoms with Crippen LogP contribution < -0.4 is 10.6 Å². The van der Waals surface area contributed by atoms with Crippen LogP contribution in [0.5, 0.6) is 0 Å². The Morgan fingerprint density at radius 2 is 1.71 bits per heavy atom. The number of anilines is 1. The van der Waals surface area contributed by atoms with Gasteiger partial charge in [0.2, 0.25) is 0 Å². The number of nitriles is 1. The summed E-state index contributed by atoms with van der Waals surface area (Å²) >= 11 is 0. The Bertz CT molecular complexity index is 1030. The number of rotatable bonds is 4. The smallest absolute Gasteiger partial charge is 0.170 e. The normalized spacial score (nSPS) is 19.4. The van der Waals surface area contributed by atoms with E-state index in [-0.39, 0.29) is 6.10 Å². The van der Waals surface area contributed by atoms with Gasteiger partial charge in [-0.1, -0.05) is 44.2 Å². The van der Waals surface area contributed by atoms with Crippen molar-refractivity contribution in [1.29, 1.82) is 5.26 Å². The van der Waals surface area contributed by atoms with E-state index in [0.29, 0.717) is 11.1 Å². The third-order valence-corrected chi connectivity index (χ3v) is 8.62. The highest BCUT2D eigenvalue weighted by Gasteiger charge is 2.37. The summed E-state index contributed by atoms with van der Waals surface area (Å²) in [5, 5.41) is 26.5. The molecule has 1 spiro atoms. The molecule has 0 unspecified atom stereocenters. The third-order valence-electron chi connectivity index (χ3n) is 8.62. The first-order chi connectivity index (χ1) is 18.5. The first kappa shape index (κ1) is 29.7. The monoisotopic (exact) mass is 519 g/mol. The Morgan fingerprint density at radius 1 is 1.03 bits per heavy atom. The predicted molar refractivity (Wildman–Crippen MR) is 152 cm³/mol. The van der Waals surface area contributed by atoms with E-state index >= 15 is 0 Å². The first-order valence-electron chi connectivity index (χ1n) is 14.3. The van der Waals surface area contributed by atoms with Crippen molar-refractivity contribution in [3.05, 3.63) is 52.7 Å². The Kier molecular flexibility index (Phi) is 11.7. The zero-order valence-electron chi connectivity index (χ0n) is 23.2. The van der Waals surface area contributed by atoms with Crippen LogP contribution in [0, 0.1) is 29.6 Å². The number of aliphatic hydroxyl groups excluding tert-OH is 1. The number of carbonyl (C=O) groups is 1. The molecule has 1 aliphatic heterocycles. The van der Waals surface area contributed by atoms with Gasteiger partial charge >= 0.3 is 0 Å². The molecule has 2 heterocycles. The highest BCUT2D eigenvalue weighted by Crippen LogP contribution is 2.45. The topological polar surface area (TPSA) is 116 Å². The quantitative estimate of drug-likeness (QED) is 0.521. The number of aldehydes is 1. The summed E-state index contributed by atoms with van der Waals surface area (Å²) in [7, 11) is 1.50. The first-order valence-corrected chi connectivity index (χ1v) is 14.3. The van der Waals surface area contributed by atoms with Crippen LogP contribution in [0.2, 0.25) is 0 Å². The number of aryl methyl sites for hydroxylation is 1. The van der Waals surface area contributed by atoms with Gasteiger partial charge in [-0.05, 0) is 99.6 Å². The number of nitrogens with two attached hydrogens (primary N) is 1. The van der Waals surface area contributed by atoms with E-state index in [0.717, 1.165) is 80.8 Å². The lowest BCUT2D eigenvalue weighted by atomic mass is 9.67. The van der Waals surface area contributed by atoms with Gasteiger partial charge in [-0.15, -0.1) is 10.2 Å². The molecule has 0 amide bonds. The van der Waals surface area contributed by atoms with Crippen molar-refractivity contribution in [2.24, 2.45) is 17.1 Å². The molecule has 3 N–H and O–H groups in total. The molecule has 2 aromatic rings. The zero-order chi connectivity index (χ0) is 27.4. The summed E-state index contributed by atoms with van der Waals surface area (Å²) in [5.41, 5.74) is 8.65. The molecule has 1 saturated heterocycles. The highest BCUT2D eigenvalue weighted by molar-refractivity contribution is 5.71. The molecule has 1 aromatic heterocycles. The average Bonchev–Trinajstić information content (AvgIpc) is 2.97. The van der Waals surface area contributed by atoms with Gasteiger partial charge < -0.3 is 15.7 Å². The van der Waals surface area contributed by atoms with Crippen LogP contribution in [0.15, 0.2) is 30.3 Å². The Hall–Kier alpha value is -2.82. The van der Waals surface area contributed by atoms with E-state index in [4.69, 9.17) is 5.26 Å². The van der Waals surface area contributed by atoms with Crippen LogP contribution in [0.1, 0.15) is 97.8 Å². The summed E-state index contributed by atoms with van der Waals surface area (Å²) in [6.07, 6.45) is 15.4. The molecule has 2 aliphatic carbocycles. The number of hydrogen-bond acceptors (Lipinski definition) is 7. The van der Waals surface area contributed by atoms with Crippen molar-refractivity contribution >= 4 is 12.1 Å². The van der Waals surface area contributed by atoms with Crippen LogP contribution in [0.25, 0.3) is 0 Å². The van der Waals surface area contributed by atoms with Gasteiger partial charge in [-0.25, -0.2) is 0 Å².